The van der Waals surface area contributed by atoms with E-state index in [-0.39, 0.29) is 12.3 Å². The molecule has 0 aliphatic heterocycles. The third-order valence-electron chi connectivity index (χ3n) is 4.50. The monoisotopic (exact) mass is 446 g/mol. The van der Waals surface area contributed by atoms with Crippen LogP contribution in [0.4, 0.5) is 11.4 Å². The fraction of sp³-hybridized carbons (Fsp3) is 0.182. The maximum absolute atomic E-state index is 10.8. The zero-order valence-electron chi connectivity index (χ0n) is 16.4. The number of hydrogen-bond acceptors (Lipinski definition) is 5. The van der Waals surface area contributed by atoms with Gasteiger partial charge >= 0.3 is 0 Å². The van der Waals surface area contributed by atoms with Crippen molar-refractivity contribution in [1.82, 2.24) is 0 Å². The molecule has 0 atom stereocenters. The molecule has 3 rings (SSSR count). The third-order valence-corrected chi connectivity index (χ3v) is 5.02. The summed E-state index contributed by atoms with van der Waals surface area (Å²) in [6, 6.07) is 15.5. The Balaban J connectivity index is 1.71. The van der Waals surface area contributed by atoms with E-state index in [0.717, 1.165) is 22.4 Å². The van der Waals surface area contributed by atoms with Gasteiger partial charge in [-0.15, -0.1) is 0 Å². The Labute approximate surface area is 184 Å². The van der Waals surface area contributed by atoms with E-state index in [2.05, 4.69) is 5.32 Å². The van der Waals surface area contributed by atoms with Gasteiger partial charge in [0.2, 0.25) is 0 Å². The van der Waals surface area contributed by atoms with Crippen LogP contribution >= 0.6 is 23.2 Å². The highest BCUT2D eigenvalue weighted by atomic mass is 35.5. The number of nitrogens with zero attached hydrogens (tertiary/aromatic N) is 1. The molecule has 30 heavy (non-hydrogen) atoms. The quantitative estimate of drug-likeness (QED) is 0.319. The molecule has 0 bridgehead atoms. The third kappa shape index (κ3) is 5.34. The van der Waals surface area contributed by atoms with Gasteiger partial charge < -0.3 is 14.8 Å². The van der Waals surface area contributed by atoms with Crippen molar-refractivity contribution in [3.8, 4) is 11.5 Å². The predicted molar refractivity (Wildman–Crippen MR) is 119 cm³/mol. The van der Waals surface area contributed by atoms with E-state index in [0.29, 0.717) is 28.1 Å². The van der Waals surface area contributed by atoms with Crippen LogP contribution in [-0.4, -0.2) is 12.0 Å². The number of nitro benzene ring substituents is 1. The topological polar surface area (TPSA) is 73.6 Å². The first-order valence-corrected chi connectivity index (χ1v) is 9.85. The Morgan fingerprint density at radius 3 is 2.43 bits per heavy atom. The summed E-state index contributed by atoms with van der Waals surface area (Å²) in [5.41, 5.74) is 3.75. The second-order valence-electron chi connectivity index (χ2n) is 6.63. The van der Waals surface area contributed by atoms with Crippen molar-refractivity contribution in [3.63, 3.8) is 0 Å². The van der Waals surface area contributed by atoms with Gasteiger partial charge in [-0.1, -0.05) is 29.3 Å². The molecule has 0 saturated heterocycles. The smallest absolute Gasteiger partial charge is 0.269 e. The van der Waals surface area contributed by atoms with Crippen molar-refractivity contribution in [1.29, 1.82) is 0 Å². The van der Waals surface area contributed by atoms with Gasteiger partial charge in [-0.25, -0.2) is 0 Å². The molecule has 0 unspecified atom stereocenters. The van der Waals surface area contributed by atoms with Gasteiger partial charge in [0, 0.05) is 29.4 Å². The molecule has 0 spiro atoms. The van der Waals surface area contributed by atoms with Crippen LogP contribution in [0.3, 0.4) is 0 Å². The highest BCUT2D eigenvalue weighted by Gasteiger charge is 2.13. The van der Waals surface area contributed by atoms with Gasteiger partial charge in [0.05, 0.1) is 17.1 Å². The van der Waals surface area contributed by atoms with Crippen molar-refractivity contribution in [2.45, 2.75) is 20.1 Å². The highest BCUT2D eigenvalue weighted by Crippen LogP contribution is 2.37. The molecular formula is C22H20Cl2N2O4. The molecule has 0 amide bonds. The lowest BCUT2D eigenvalue weighted by Gasteiger charge is -2.15. The minimum Gasteiger partial charge on any atom is -0.493 e. The van der Waals surface area contributed by atoms with E-state index in [9.17, 15) is 10.1 Å². The van der Waals surface area contributed by atoms with E-state index in [1.165, 1.54) is 12.1 Å². The van der Waals surface area contributed by atoms with Crippen LogP contribution in [0.15, 0.2) is 54.6 Å². The van der Waals surface area contributed by atoms with Crippen molar-refractivity contribution in [2.24, 2.45) is 0 Å². The SMILES string of the molecule is COc1cc(CNc2cc(Cl)ccc2C)cc(Cl)c1OCc1ccc([N+](=O)[O-])cc1. The molecule has 0 radical (unpaired) electrons. The fourth-order valence-electron chi connectivity index (χ4n) is 2.87. The van der Waals surface area contributed by atoms with Crippen LogP contribution in [0.25, 0.3) is 0 Å². The molecule has 0 heterocycles. The summed E-state index contributed by atoms with van der Waals surface area (Å²) in [7, 11) is 1.54. The summed E-state index contributed by atoms with van der Waals surface area (Å²) in [4.78, 5) is 10.3. The van der Waals surface area contributed by atoms with Gasteiger partial charge in [0.15, 0.2) is 11.5 Å². The molecule has 6 nitrogen and oxygen atoms in total. The van der Waals surface area contributed by atoms with Gasteiger partial charge in [0.25, 0.3) is 5.69 Å². The summed E-state index contributed by atoms with van der Waals surface area (Å²) in [6.07, 6.45) is 0. The molecule has 0 saturated carbocycles. The standard InChI is InChI=1S/C22H20Cl2N2O4/c1-14-3-6-17(23)11-20(14)25-12-16-9-19(24)22(21(10-16)29-2)30-13-15-4-7-18(8-5-15)26(27)28/h3-11,25H,12-13H2,1-2H3. The molecule has 156 valence electrons. The lowest BCUT2D eigenvalue weighted by Crippen LogP contribution is -2.03. The molecule has 1 N–H and O–H groups in total. The van der Waals surface area contributed by atoms with E-state index >= 15 is 0 Å². The Kier molecular flexibility index (Phi) is 7.03. The molecule has 0 aromatic heterocycles. The highest BCUT2D eigenvalue weighted by molar-refractivity contribution is 6.32. The van der Waals surface area contributed by atoms with E-state index in [1.54, 1.807) is 19.2 Å². The number of rotatable bonds is 8. The first-order chi connectivity index (χ1) is 14.4. The first-order valence-electron chi connectivity index (χ1n) is 9.10. The number of ether oxygens (including phenoxy) is 2. The maximum atomic E-state index is 10.8. The average Bonchev–Trinajstić information content (AvgIpc) is 2.73. The van der Waals surface area contributed by atoms with Crippen LogP contribution in [-0.2, 0) is 13.2 Å². The van der Waals surface area contributed by atoms with Crippen LogP contribution in [0.2, 0.25) is 10.0 Å². The van der Waals surface area contributed by atoms with Crippen LogP contribution in [0.5, 0.6) is 11.5 Å². The van der Waals surface area contributed by atoms with E-state index < -0.39 is 4.92 Å². The summed E-state index contributed by atoms with van der Waals surface area (Å²) in [5, 5.41) is 15.2. The Bertz CT molecular complexity index is 1060. The summed E-state index contributed by atoms with van der Waals surface area (Å²) in [6.45, 7) is 2.73. The van der Waals surface area contributed by atoms with E-state index in [1.807, 2.05) is 37.3 Å². The molecule has 0 aliphatic carbocycles. The minimum atomic E-state index is -0.442. The molecule has 3 aromatic carbocycles. The second-order valence-corrected chi connectivity index (χ2v) is 7.48. The van der Waals surface area contributed by atoms with Crippen molar-refractivity contribution in [2.75, 3.05) is 12.4 Å². The van der Waals surface area contributed by atoms with Crippen LogP contribution < -0.4 is 14.8 Å². The average molecular weight is 447 g/mol. The summed E-state index contributed by atoms with van der Waals surface area (Å²) in [5.74, 6) is 0.921. The zero-order chi connectivity index (χ0) is 21.7. The van der Waals surface area contributed by atoms with Gasteiger partial charge in [-0.2, -0.15) is 0 Å². The normalized spacial score (nSPS) is 10.5. The maximum Gasteiger partial charge on any atom is 0.269 e. The predicted octanol–water partition coefficient (Wildman–Crippen LogP) is 6.41. The number of aryl methyl sites for hydroxylation is 1. The zero-order valence-corrected chi connectivity index (χ0v) is 18.0. The lowest BCUT2D eigenvalue weighted by molar-refractivity contribution is -0.384. The lowest BCUT2D eigenvalue weighted by atomic mass is 10.1. The van der Waals surface area contributed by atoms with Gasteiger partial charge in [0.1, 0.15) is 6.61 Å². The van der Waals surface area contributed by atoms with Gasteiger partial charge in [-0.05, 0) is 60.0 Å². The number of nitro groups is 1. The Morgan fingerprint density at radius 1 is 1.03 bits per heavy atom. The molecule has 0 aliphatic rings. The molecule has 0 fully saturated rings. The largest absolute Gasteiger partial charge is 0.493 e. The van der Waals surface area contributed by atoms with Crippen LogP contribution in [0, 0.1) is 17.0 Å². The van der Waals surface area contributed by atoms with Crippen molar-refractivity contribution in [3.05, 3.63) is 91.4 Å². The van der Waals surface area contributed by atoms with E-state index in [4.69, 9.17) is 32.7 Å². The number of halogens is 2. The number of hydrogen-bond donors (Lipinski definition) is 1. The molecular weight excluding hydrogens is 427 g/mol. The Hall–Kier alpha value is -2.96. The van der Waals surface area contributed by atoms with Crippen LogP contribution in [0.1, 0.15) is 16.7 Å². The number of non-ortho nitro benzene ring substituents is 1. The summed E-state index contributed by atoms with van der Waals surface area (Å²) < 4.78 is 11.3. The fourth-order valence-corrected chi connectivity index (χ4v) is 3.33. The minimum absolute atomic E-state index is 0.0288. The number of methoxy groups -OCH3 is 1. The number of anilines is 1. The van der Waals surface area contributed by atoms with Crippen molar-refractivity contribution >= 4 is 34.6 Å². The number of benzene rings is 3. The Morgan fingerprint density at radius 2 is 1.77 bits per heavy atom. The summed E-state index contributed by atoms with van der Waals surface area (Å²) >= 11 is 12.5. The van der Waals surface area contributed by atoms with Gasteiger partial charge in [-0.3, -0.25) is 10.1 Å². The second kappa shape index (κ2) is 9.69. The first kappa shape index (κ1) is 21.7. The molecule has 8 heteroatoms. The number of nitrogens with one attached hydrogen (secondary N) is 1. The van der Waals surface area contributed by atoms with Crippen molar-refractivity contribution < 1.29 is 14.4 Å². The molecule has 3 aromatic rings.